The molecule has 0 spiro atoms. The van der Waals surface area contributed by atoms with Gasteiger partial charge in [-0.15, -0.1) is 29.8 Å². The molecule has 0 saturated carbocycles. The van der Waals surface area contributed by atoms with Crippen LogP contribution in [0.1, 0.15) is 11.4 Å². The zero-order chi connectivity index (χ0) is 19.9. The molecular weight excluding hydrogens is 573 g/mol. The van der Waals surface area contributed by atoms with E-state index in [0.717, 1.165) is 38.3 Å². The Morgan fingerprint density at radius 1 is 0.867 bits per heavy atom. The summed E-state index contributed by atoms with van der Waals surface area (Å²) < 4.78 is 27.1. The summed E-state index contributed by atoms with van der Waals surface area (Å²) in [7, 11) is -3.67. The Hall–Kier alpha value is -2.66. The molecule has 6 rings (SSSR count). The van der Waals surface area contributed by atoms with Crippen molar-refractivity contribution < 1.29 is 28.5 Å². The molecule has 149 valence electrons. The van der Waals surface area contributed by atoms with E-state index in [0.29, 0.717) is 21.5 Å². The molecule has 1 aliphatic heterocycles. The van der Waals surface area contributed by atoms with E-state index in [1.54, 1.807) is 24.4 Å². The maximum atomic E-state index is 13.5. The van der Waals surface area contributed by atoms with Gasteiger partial charge < -0.3 is 4.98 Å². The second-order valence-corrected chi connectivity index (χ2v) is 9.36. The molecule has 30 heavy (non-hydrogen) atoms. The van der Waals surface area contributed by atoms with Gasteiger partial charge in [-0.25, -0.2) is 8.42 Å². The van der Waals surface area contributed by atoms with Crippen LogP contribution in [0, 0.1) is 19.9 Å². The van der Waals surface area contributed by atoms with E-state index in [4.69, 9.17) is 0 Å². The van der Waals surface area contributed by atoms with Gasteiger partial charge in [0.1, 0.15) is 0 Å². The zero-order valence-electron chi connectivity index (χ0n) is 16.1. The van der Waals surface area contributed by atoms with Crippen molar-refractivity contribution in [3.63, 3.8) is 0 Å². The van der Waals surface area contributed by atoms with Crippen molar-refractivity contribution in [2.75, 3.05) is 0 Å². The van der Waals surface area contributed by atoms with Crippen LogP contribution in [0.2, 0.25) is 0 Å². The Morgan fingerprint density at radius 2 is 1.63 bits per heavy atom. The number of fused-ring (bicyclic) bond motifs is 6. The van der Waals surface area contributed by atoms with Crippen LogP contribution in [0.3, 0.4) is 0 Å². The maximum Gasteiger partial charge on any atom is 0.172 e. The third-order valence-corrected chi connectivity index (χ3v) is 7.59. The van der Waals surface area contributed by atoms with Gasteiger partial charge in [0.25, 0.3) is 0 Å². The average molecular weight is 588 g/mol. The van der Waals surface area contributed by atoms with Crippen molar-refractivity contribution in [3.8, 4) is 11.3 Å². The number of sulfone groups is 1. The Morgan fingerprint density at radius 3 is 2.47 bits per heavy atom. The van der Waals surface area contributed by atoms with Crippen molar-refractivity contribution in [1.29, 1.82) is 0 Å². The summed E-state index contributed by atoms with van der Waals surface area (Å²) in [4.78, 5) is 9.68. The molecule has 4 nitrogen and oxygen atoms in total. The molecule has 0 unspecified atom stereocenters. The first-order chi connectivity index (χ1) is 14.0. The minimum Gasteiger partial charge on any atom is -0.304 e. The first kappa shape index (κ1) is 19.3. The quantitative estimate of drug-likeness (QED) is 0.182. The standard InChI is InChI=1S/C24H15N2O2S.Ir/c1-13-11-19-15(14(2)26-13)7-8-16-17-9-10-25-24-18-5-3-4-6-21(18)29(27,28)22(23(17)24)12-20(16)19;/h3-4,6-12H,1-2H3;/q-1;. The number of aryl methyl sites for hydroxylation is 2. The first-order valence-corrected chi connectivity index (χ1v) is 10.8. The molecule has 5 aromatic rings. The molecule has 0 N–H and O–H groups in total. The van der Waals surface area contributed by atoms with E-state index < -0.39 is 9.84 Å². The molecule has 0 bridgehead atoms. The van der Waals surface area contributed by atoms with Crippen LogP contribution in [0.5, 0.6) is 0 Å². The van der Waals surface area contributed by atoms with Gasteiger partial charge in [-0.1, -0.05) is 12.1 Å². The molecule has 6 heteroatoms. The van der Waals surface area contributed by atoms with E-state index in [1.807, 2.05) is 32.0 Å². The maximum absolute atomic E-state index is 13.5. The van der Waals surface area contributed by atoms with E-state index in [-0.39, 0.29) is 25.0 Å². The molecule has 0 saturated heterocycles. The van der Waals surface area contributed by atoms with Crippen LogP contribution in [-0.2, 0) is 29.9 Å². The summed E-state index contributed by atoms with van der Waals surface area (Å²) in [5.41, 5.74) is 3.07. The Balaban J connectivity index is 0.00000193. The van der Waals surface area contributed by atoms with Gasteiger partial charge in [0, 0.05) is 43.1 Å². The average Bonchev–Trinajstić information content (AvgIpc) is 2.71. The first-order valence-electron chi connectivity index (χ1n) is 9.35. The third kappa shape index (κ3) is 2.38. The smallest absolute Gasteiger partial charge is 0.172 e. The van der Waals surface area contributed by atoms with Crippen LogP contribution in [0.4, 0.5) is 0 Å². The van der Waals surface area contributed by atoms with Crippen LogP contribution < -0.4 is 0 Å². The summed E-state index contributed by atoms with van der Waals surface area (Å²) >= 11 is 0. The fourth-order valence-corrected chi connectivity index (χ4v) is 6.22. The summed E-state index contributed by atoms with van der Waals surface area (Å²) in [6.07, 6.45) is 1.75. The van der Waals surface area contributed by atoms with Crippen LogP contribution in [-0.4, -0.2) is 18.4 Å². The summed E-state index contributed by atoms with van der Waals surface area (Å²) in [5, 5.41) is 5.55. The van der Waals surface area contributed by atoms with Gasteiger partial charge in [-0.2, -0.15) is 0 Å². The Kier molecular flexibility index (Phi) is 4.13. The molecule has 1 radical (unpaired) electrons. The number of pyridine rings is 2. The molecule has 0 fully saturated rings. The molecule has 3 heterocycles. The number of benzene rings is 3. The molecule has 1 aliphatic rings. The van der Waals surface area contributed by atoms with Gasteiger partial charge in [-0.3, -0.25) is 4.98 Å². The summed E-state index contributed by atoms with van der Waals surface area (Å²) in [5.74, 6) is 0. The molecular formula is C24H15IrN2O2S-. The van der Waals surface area contributed by atoms with Crippen molar-refractivity contribution in [2.24, 2.45) is 0 Å². The van der Waals surface area contributed by atoms with Crippen molar-refractivity contribution in [2.45, 2.75) is 23.6 Å². The predicted octanol–water partition coefficient (Wildman–Crippen LogP) is 5.16. The minimum absolute atomic E-state index is 0. The number of hydrogen-bond donors (Lipinski definition) is 0. The van der Waals surface area contributed by atoms with E-state index >= 15 is 0 Å². The van der Waals surface area contributed by atoms with Crippen molar-refractivity contribution >= 4 is 42.2 Å². The van der Waals surface area contributed by atoms with Crippen LogP contribution >= 0.6 is 0 Å². The molecule has 3 aromatic carbocycles. The number of aromatic nitrogens is 2. The van der Waals surface area contributed by atoms with Gasteiger partial charge in [0.2, 0.25) is 0 Å². The van der Waals surface area contributed by atoms with Crippen LogP contribution in [0.15, 0.2) is 64.5 Å². The SMILES string of the molecule is Cc1cc2c(ccc3c4ccnc5c4c(cc23)S(=O)(=O)c2ccc[c-]c2-5)c(C)n1.[Ir]. The number of rotatable bonds is 0. The minimum atomic E-state index is -3.67. The van der Waals surface area contributed by atoms with Crippen LogP contribution in [0.25, 0.3) is 43.6 Å². The zero-order valence-corrected chi connectivity index (χ0v) is 19.4. The summed E-state index contributed by atoms with van der Waals surface area (Å²) in [6, 6.07) is 18.0. The van der Waals surface area contributed by atoms with E-state index in [1.165, 1.54) is 0 Å². The fraction of sp³-hybridized carbons (Fsp3) is 0.0833. The molecule has 0 atom stereocenters. The molecule has 0 amide bonds. The molecule has 2 aromatic heterocycles. The third-order valence-electron chi connectivity index (χ3n) is 5.77. The van der Waals surface area contributed by atoms with Gasteiger partial charge in [-0.05, 0) is 69.6 Å². The van der Waals surface area contributed by atoms with Crippen molar-refractivity contribution in [1.82, 2.24) is 9.97 Å². The number of hydrogen-bond acceptors (Lipinski definition) is 4. The van der Waals surface area contributed by atoms with E-state index in [2.05, 4.69) is 28.2 Å². The summed E-state index contributed by atoms with van der Waals surface area (Å²) in [6.45, 7) is 3.94. The van der Waals surface area contributed by atoms with Gasteiger partial charge in [0.05, 0.1) is 4.90 Å². The normalized spacial score (nSPS) is 13.9. The number of nitrogens with zero attached hydrogens (tertiary/aromatic N) is 2. The van der Waals surface area contributed by atoms with Gasteiger partial charge in [0.15, 0.2) is 9.84 Å². The van der Waals surface area contributed by atoms with Crippen molar-refractivity contribution in [3.05, 3.63) is 72.2 Å². The fourth-order valence-electron chi connectivity index (χ4n) is 4.55. The monoisotopic (exact) mass is 588 g/mol. The second-order valence-electron chi connectivity index (χ2n) is 7.47. The largest absolute Gasteiger partial charge is 0.304 e. The second kappa shape index (κ2) is 6.42. The van der Waals surface area contributed by atoms with E-state index in [9.17, 15) is 8.42 Å². The van der Waals surface area contributed by atoms with Gasteiger partial charge >= 0.3 is 0 Å². The predicted molar refractivity (Wildman–Crippen MR) is 114 cm³/mol. The topological polar surface area (TPSA) is 59.9 Å². The Bertz CT molecular complexity index is 1640. The Labute approximate surface area is 187 Å². The molecule has 0 aliphatic carbocycles.